The zero-order chi connectivity index (χ0) is 12.0. The van der Waals surface area contributed by atoms with Crippen LogP contribution in [-0.4, -0.2) is 24.2 Å². The molecular formula is C12H19ClN2O. The molecule has 1 aromatic heterocycles. The SMILES string of the molecule is CC(C)OCCNC(C)c1ccnc(Cl)c1. The molecule has 3 nitrogen and oxygen atoms in total. The number of hydrogen-bond acceptors (Lipinski definition) is 3. The zero-order valence-corrected chi connectivity index (χ0v) is 10.8. The molecular weight excluding hydrogens is 224 g/mol. The van der Waals surface area contributed by atoms with Crippen LogP contribution in [-0.2, 0) is 4.74 Å². The fourth-order valence-corrected chi connectivity index (χ4v) is 1.56. The van der Waals surface area contributed by atoms with Gasteiger partial charge in [-0.2, -0.15) is 0 Å². The smallest absolute Gasteiger partial charge is 0.129 e. The summed E-state index contributed by atoms with van der Waals surface area (Å²) in [4.78, 5) is 3.95. The molecule has 0 fully saturated rings. The van der Waals surface area contributed by atoms with Gasteiger partial charge in [-0.25, -0.2) is 4.98 Å². The zero-order valence-electron chi connectivity index (χ0n) is 10.0. The molecule has 90 valence electrons. The van der Waals surface area contributed by atoms with Crippen LogP contribution in [0.25, 0.3) is 0 Å². The number of nitrogens with zero attached hydrogens (tertiary/aromatic N) is 1. The Morgan fingerprint density at radius 1 is 1.44 bits per heavy atom. The van der Waals surface area contributed by atoms with Crippen molar-refractivity contribution in [2.45, 2.75) is 32.9 Å². The van der Waals surface area contributed by atoms with Gasteiger partial charge in [0.25, 0.3) is 0 Å². The molecule has 4 heteroatoms. The average molecular weight is 243 g/mol. The maximum Gasteiger partial charge on any atom is 0.129 e. The van der Waals surface area contributed by atoms with Gasteiger partial charge in [0.1, 0.15) is 5.15 Å². The minimum absolute atomic E-state index is 0.260. The number of pyridine rings is 1. The van der Waals surface area contributed by atoms with Crippen LogP contribution < -0.4 is 5.32 Å². The van der Waals surface area contributed by atoms with Crippen LogP contribution in [0.4, 0.5) is 0 Å². The van der Waals surface area contributed by atoms with E-state index in [0.29, 0.717) is 5.15 Å². The van der Waals surface area contributed by atoms with Crippen molar-refractivity contribution in [2.24, 2.45) is 0 Å². The first-order valence-electron chi connectivity index (χ1n) is 5.56. The number of hydrogen-bond donors (Lipinski definition) is 1. The average Bonchev–Trinajstić information content (AvgIpc) is 2.24. The fraction of sp³-hybridized carbons (Fsp3) is 0.583. The van der Waals surface area contributed by atoms with Gasteiger partial charge >= 0.3 is 0 Å². The summed E-state index contributed by atoms with van der Waals surface area (Å²) in [7, 11) is 0. The molecule has 0 saturated carbocycles. The van der Waals surface area contributed by atoms with Crippen LogP contribution in [0.3, 0.4) is 0 Å². The third kappa shape index (κ3) is 4.92. The first-order chi connectivity index (χ1) is 7.59. The van der Waals surface area contributed by atoms with Gasteiger partial charge in [0, 0.05) is 18.8 Å². The van der Waals surface area contributed by atoms with Gasteiger partial charge in [0.15, 0.2) is 0 Å². The monoisotopic (exact) mass is 242 g/mol. The molecule has 1 aromatic rings. The Kier molecular flexibility index (Phi) is 5.74. The summed E-state index contributed by atoms with van der Waals surface area (Å²) in [6.45, 7) is 7.72. The van der Waals surface area contributed by atoms with Crippen molar-refractivity contribution in [3.05, 3.63) is 29.0 Å². The molecule has 16 heavy (non-hydrogen) atoms. The van der Waals surface area contributed by atoms with Gasteiger partial charge in [-0.1, -0.05) is 11.6 Å². The third-order valence-electron chi connectivity index (χ3n) is 2.25. The summed E-state index contributed by atoms with van der Waals surface area (Å²) in [5, 5.41) is 3.90. The highest BCUT2D eigenvalue weighted by Gasteiger charge is 2.05. The fourth-order valence-electron chi connectivity index (χ4n) is 1.37. The molecule has 0 bridgehead atoms. The topological polar surface area (TPSA) is 34.1 Å². The second kappa shape index (κ2) is 6.84. The lowest BCUT2D eigenvalue weighted by Gasteiger charge is -2.15. The minimum Gasteiger partial charge on any atom is -0.377 e. The summed E-state index contributed by atoms with van der Waals surface area (Å²) < 4.78 is 5.45. The van der Waals surface area contributed by atoms with E-state index in [1.54, 1.807) is 6.20 Å². The normalized spacial score (nSPS) is 13.1. The highest BCUT2D eigenvalue weighted by atomic mass is 35.5. The van der Waals surface area contributed by atoms with Crippen LogP contribution in [0.5, 0.6) is 0 Å². The Morgan fingerprint density at radius 2 is 2.19 bits per heavy atom. The summed E-state index contributed by atoms with van der Waals surface area (Å²) >= 11 is 5.83. The van der Waals surface area contributed by atoms with E-state index in [2.05, 4.69) is 17.2 Å². The first kappa shape index (κ1) is 13.4. The molecule has 0 amide bonds. The molecule has 0 spiro atoms. The Bertz CT molecular complexity index is 318. The Hall–Kier alpha value is -0.640. The van der Waals surface area contributed by atoms with Crippen LogP contribution >= 0.6 is 11.6 Å². The summed E-state index contributed by atoms with van der Waals surface area (Å²) in [6.07, 6.45) is 2.01. The molecule has 0 saturated heterocycles. The van der Waals surface area contributed by atoms with Gasteiger partial charge in [-0.15, -0.1) is 0 Å². The summed E-state index contributed by atoms with van der Waals surface area (Å²) in [5.74, 6) is 0. The van der Waals surface area contributed by atoms with Crippen LogP contribution in [0.2, 0.25) is 5.15 Å². The van der Waals surface area contributed by atoms with Gasteiger partial charge in [0.2, 0.25) is 0 Å². The van der Waals surface area contributed by atoms with Crippen molar-refractivity contribution in [1.82, 2.24) is 10.3 Å². The molecule has 0 aromatic carbocycles. The second-order valence-corrected chi connectivity index (χ2v) is 4.39. The molecule has 0 aliphatic rings. The van der Waals surface area contributed by atoms with Gasteiger partial charge < -0.3 is 10.1 Å². The maximum atomic E-state index is 5.83. The lowest BCUT2D eigenvalue weighted by molar-refractivity contribution is 0.0796. The van der Waals surface area contributed by atoms with Gasteiger partial charge in [-0.05, 0) is 38.5 Å². The molecule has 0 aliphatic carbocycles. The van der Waals surface area contributed by atoms with Gasteiger partial charge in [0.05, 0.1) is 12.7 Å². The van der Waals surface area contributed by atoms with E-state index >= 15 is 0 Å². The van der Waals surface area contributed by atoms with E-state index in [1.165, 1.54) is 0 Å². The second-order valence-electron chi connectivity index (χ2n) is 4.01. The van der Waals surface area contributed by atoms with E-state index in [1.807, 2.05) is 26.0 Å². The van der Waals surface area contributed by atoms with Crippen molar-refractivity contribution in [3.63, 3.8) is 0 Å². The molecule has 1 rings (SSSR count). The molecule has 1 atom stereocenters. The summed E-state index contributed by atoms with van der Waals surface area (Å²) in [5.41, 5.74) is 1.14. The molecule has 1 unspecified atom stereocenters. The number of halogens is 1. The lowest BCUT2D eigenvalue weighted by Crippen LogP contribution is -2.24. The number of rotatable bonds is 6. The first-order valence-corrected chi connectivity index (χ1v) is 5.94. The molecule has 1 heterocycles. The van der Waals surface area contributed by atoms with Crippen LogP contribution in [0.15, 0.2) is 18.3 Å². The number of nitrogens with one attached hydrogen (secondary N) is 1. The Labute approximate surface area is 102 Å². The van der Waals surface area contributed by atoms with Crippen LogP contribution in [0, 0.1) is 0 Å². The number of ether oxygens (including phenoxy) is 1. The molecule has 0 aliphatic heterocycles. The third-order valence-corrected chi connectivity index (χ3v) is 2.46. The van der Waals surface area contributed by atoms with E-state index in [4.69, 9.17) is 16.3 Å². The largest absolute Gasteiger partial charge is 0.377 e. The van der Waals surface area contributed by atoms with Crippen molar-refractivity contribution < 1.29 is 4.74 Å². The Balaban J connectivity index is 2.32. The van der Waals surface area contributed by atoms with Crippen molar-refractivity contribution in [3.8, 4) is 0 Å². The van der Waals surface area contributed by atoms with E-state index in [-0.39, 0.29) is 12.1 Å². The molecule has 1 N–H and O–H groups in total. The maximum absolute atomic E-state index is 5.83. The molecule has 0 radical (unpaired) electrons. The highest BCUT2D eigenvalue weighted by molar-refractivity contribution is 6.29. The van der Waals surface area contributed by atoms with Crippen molar-refractivity contribution in [1.29, 1.82) is 0 Å². The predicted octanol–water partition coefficient (Wildman–Crippen LogP) is 2.81. The van der Waals surface area contributed by atoms with E-state index in [9.17, 15) is 0 Å². The Morgan fingerprint density at radius 3 is 2.81 bits per heavy atom. The minimum atomic E-state index is 0.260. The lowest BCUT2D eigenvalue weighted by atomic mass is 10.1. The predicted molar refractivity (Wildman–Crippen MR) is 66.8 cm³/mol. The van der Waals surface area contributed by atoms with E-state index in [0.717, 1.165) is 18.7 Å². The van der Waals surface area contributed by atoms with Crippen molar-refractivity contribution in [2.75, 3.05) is 13.2 Å². The van der Waals surface area contributed by atoms with E-state index < -0.39 is 0 Å². The van der Waals surface area contributed by atoms with Crippen LogP contribution in [0.1, 0.15) is 32.4 Å². The number of aromatic nitrogens is 1. The highest BCUT2D eigenvalue weighted by Crippen LogP contribution is 2.14. The summed E-state index contributed by atoms with van der Waals surface area (Å²) in [6, 6.07) is 4.10. The quantitative estimate of drug-likeness (QED) is 0.615. The van der Waals surface area contributed by atoms with Gasteiger partial charge in [-0.3, -0.25) is 0 Å². The standard InChI is InChI=1S/C12H19ClN2O/c1-9(2)16-7-6-14-10(3)11-4-5-15-12(13)8-11/h4-5,8-10,14H,6-7H2,1-3H3. The van der Waals surface area contributed by atoms with Crippen molar-refractivity contribution >= 4 is 11.6 Å².